The number of ether oxygens (including phenoxy) is 1. The molecular formula is C11H14N2O4S. The molecule has 0 radical (unpaired) electrons. The number of aliphatic carboxylic acids is 1. The van der Waals surface area contributed by atoms with Gasteiger partial charge in [-0.15, -0.1) is 11.3 Å². The molecule has 2 heterocycles. The van der Waals surface area contributed by atoms with Crippen LogP contribution in [0.1, 0.15) is 10.9 Å². The number of rotatable bonds is 3. The van der Waals surface area contributed by atoms with E-state index in [4.69, 9.17) is 9.84 Å². The van der Waals surface area contributed by atoms with Gasteiger partial charge in [-0.3, -0.25) is 0 Å². The summed E-state index contributed by atoms with van der Waals surface area (Å²) in [5.74, 6) is -1.06. The third-order valence-electron chi connectivity index (χ3n) is 2.64. The van der Waals surface area contributed by atoms with Crippen LogP contribution in [0.5, 0.6) is 0 Å². The van der Waals surface area contributed by atoms with Crippen molar-refractivity contribution >= 4 is 23.3 Å². The highest BCUT2D eigenvalue weighted by Crippen LogP contribution is 2.19. The summed E-state index contributed by atoms with van der Waals surface area (Å²) in [6.07, 6.45) is 0. The number of carboxylic acids is 1. The molecule has 1 saturated heterocycles. The average Bonchev–Trinajstić information content (AvgIpc) is 2.90. The van der Waals surface area contributed by atoms with Crippen molar-refractivity contribution in [3.8, 4) is 0 Å². The van der Waals surface area contributed by atoms with Crippen LogP contribution in [0.4, 0.5) is 4.79 Å². The van der Waals surface area contributed by atoms with Crippen LogP contribution in [0.15, 0.2) is 17.5 Å². The Labute approximate surface area is 108 Å². The van der Waals surface area contributed by atoms with Crippen molar-refractivity contribution in [1.29, 1.82) is 0 Å². The lowest BCUT2D eigenvalue weighted by Crippen LogP contribution is -2.48. The molecule has 0 bridgehead atoms. The Bertz CT molecular complexity index is 415. The first-order valence-corrected chi connectivity index (χ1v) is 6.46. The summed E-state index contributed by atoms with van der Waals surface area (Å²) in [6.45, 7) is 1.96. The van der Waals surface area contributed by atoms with E-state index in [1.54, 1.807) is 22.4 Å². The van der Waals surface area contributed by atoms with E-state index in [-0.39, 0.29) is 6.03 Å². The second-order valence-corrected chi connectivity index (χ2v) is 4.81. The number of nitrogens with one attached hydrogen (secondary N) is 1. The summed E-state index contributed by atoms with van der Waals surface area (Å²) >= 11 is 1.31. The maximum Gasteiger partial charge on any atom is 0.331 e. The van der Waals surface area contributed by atoms with Gasteiger partial charge < -0.3 is 20.1 Å². The molecule has 0 aromatic carbocycles. The molecule has 0 saturated carbocycles. The van der Waals surface area contributed by atoms with E-state index in [9.17, 15) is 9.59 Å². The van der Waals surface area contributed by atoms with Crippen molar-refractivity contribution in [3.63, 3.8) is 0 Å². The second kappa shape index (κ2) is 5.83. The first-order valence-electron chi connectivity index (χ1n) is 5.58. The molecule has 1 unspecified atom stereocenters. The van der Waals surface area contributed by atoms with E-state index in [2.05, 4.69) is 5.32 Å². The zero-order chi connectivity index (χ0) is 13.0. The largest absolute Gasteiger partial charge is 0.479 e. The lowest BCUT2D eigenvalue weighted by Gasteiger charge is -2.28. The molecule has 1 aliphatic heterocycles. The Morgan fingerprint density at radius 3 is 2.72 bits per heavy atom. The van der Waals surface area contributed by atoms with Crippen LogP contribution in [0.25, 0.3) is 0 Å². The number of carboxylic acid groups (broad SMARTS) is 1. The highest BCUT2D eigenvalue weighted by molar-refractivity contribution is 7.10. The summed E-state index contributed by atoms with van der Waals surface area (Å²) in [5.41, 5.74) is 0. The molecular weight excluding hydrogens is 256 g/mol. The third-order valence-corrected chi connectivity index (χ3v) is 3.58. The molecule has 7 heteroatoms. The van der Waals surface area contributed by atoms with E-state index in [1.165, 1.54) is 11.3 Å². The summed E-state index contributed by atoms with van der Waals surface area (Å²) in [7, 11) is 0. The van der Waals surface area contributed by atoms with Crippen molar-refractivity contribution < 1.29 is 19.4 Å². The zero-order valence-corrected chi connectivity index (χ0v) is 10.5. The van der Waals surface area contributed by atoms with Gasteiger partial charge in [0.05, 0.1) is 13.2 Å². The van der Waals surface area contributed by atoms with Crippen molar-refractivity contribution in [2.24, 2.45) is 0 Å². The molecule has 1 fully saturated rings. The van der Waals surface area contributed by atoms with Crippen molar-refractivity contribution in [3.05, 3.63) is 22.4 Å². The van der Waals surface area contributed by atoms with E-state index in [1.807, 2.05) is 0 Å². The molecule has 1 aromatic rings. The van der Waals surface area contributed by atoms with Crippen LogP contribution in [-0.2, 0) is 9.53 Å². The predicted octanol–water partition coefficient (Wildman–Crippen LogP) is 0.916. The lowest BCUT2D eigenvalue weighted by molar-refractivity contribution is -0.139. The van der Waals surface area contributed by atoms with E-state index < -0.39 is 12.0 Å². The fourth-order valence-electron chi connectivity index (χ4n) is 1.69. The number of morpholine rings is 1. The summed E-state index contributed by atoms with van der Waals surface area (Å²) in [5, 5.41) is 13.5. The van der Waals surface area contributed by atoms with Gasteiger partial charge in [0.25, 0.3) is 0 Å². The number of thiophene rings is 1. The minimum Gasteiger partial charge on any atom is -0.479 e. The maximum absolute atomic E-state index is 11.9. The van der Waals surface area contributed by atoms with Gasteiger partial charge in [-0.1, -0.05) is 6.07 Å². The average molecular weight is 270 g/mol. The van der Waals surface area contributed by atoms with Crippen molar-refractivity contribution in [2.45, 2.75) is 6.04 Å². The second-order valence-electron chi connectivity index (χ2n) is 3.84. The number of hydrogen-bond acceptors (Lipinski definition) is 4. The van der Waals surface area contributed by atoms with E-state index in [0.717, 1.165) is 0 Å². The molecule has 1 atom stereocenters. The van der Waals surface area contributed by atoms with Gasteiger partial charge in [0.2, 0.25) is 0 Å². The van der Waals surface area contributed by atoms with Crippen molar-refractivity contribution in [1.82, 2.24) is 10.2 Å². The standard InChI is InChI=1S/C11H14N2O4S/c14-10(15)9(8-2-1-7-18-8)12-11(16)13-3-5-17-6-4-13/h1-2,7,9H,3-6H2,(H,12,16)(H,14,15). The van der Waals surface area contributed by atoms with Crippen LogP contribution in [0.3, 0.4) is 0 Å². The highest BCUT2D eigenvalue weighted by Gasteiger charge is 2.26. The Morgan fingerprint density at radius 2 is 2.17 bits per heavy atom. The number of urea groups is 1. The third kappa shape index (κ3) is 2.99. The predicted molar refractivity (Wildman–Crippen MR) is 65.6 cm³/mol. The molecule has 98 valence electrons. The van der Waals surface area contributed by atoms with Gasteiger partial charge >= 0.3 is 12.0 Å². The smallest absolute Gasteiger partial charge is 0.331 e. The highest BCUT2D eigenvalue weighted by atomic mass is 32.1. The van der Waals surface area contributed by atoms with Crippen LogP contribution in [0.2, 0.25) is 0 Å². The molecule has 6 nitrogen and oxygen atoms in total. The number of hydrogen-bond donors (Lipinski definition) is 2. The van der Waals surface area contributed by atoms with Gasteiger partial charge in [-0.25, -0.2) is 9.59 Å². The fraction of sp³-hybridized carbons (Fsp3) is 0.455. The van der Waals surface area contributed by atoms with E-state index in [0.29, 0.717) is 31.2 Å². The van der Waals surface area contributed by atoms with Gasteiger partial charge in [0, 0.05) is 18.0 Å². The lowest BCUT2D eigenvalue weighted by atomic mass is 10.2. The number of nitrogens with zero attached hydrogens (tertiary/aromatic N) is 1. The molecule has 1 aromatic heterocycles. The van der Waals surface area contributed by atoms with Gasteiger partial charge in [-0.05, 0) is 11.4 Å². The first-order chi connectivity index (χ1) is 8.68. The van der Waals surface area contributed by atoms with Gasteiger partial charge in [-0.2, -0.15) is 0 Å². The number of carbonyl (C=O) groups is 2. The first kappa shape index (κ1) is 12.8. The minimum absolute atomic E-state index is 0.362. The van der Waals surface area contributed by atoms with Crippen molar-refractivity contribution in [2.75, 3.05) is 26.3 Å². The molecule has 2 rings (SSSR count). The topological polar surface area (TPSA) is 78.9 Å². The van der Waals surface area contributed by atoms with Gasteiger partial charge in [0.15, 0.2) is 6.04 Å². The SMILES string of the molecule is O=C(O)C(NC(=O)N1CCOCC1)c1cccs1. The Hall–Kier alpha value is -1.60. The minimum atomic E-state index is -1.06. The number of amides is 2. The summed E-state index contributed by atoms with van der Waals surface area (Å²) in [6, 6.07) is 2.11. The summed E-state index contributed by atoms with van der Waals surface area (Å²) in [4.78, 5) is 25.3. The molecule has 2 amide bonds. The Kier molecular flexibility index (Phi) is 4.16. The number of carbonyl (C=O) groups excluding carboxylic acids is 1. The fourth-order valence-corrected chi connectivity index (χ4v) is 2.46. The van der Waals surface area contributed by atoms with Crippen LogP contribution >= 0.6 is 11.3 Å². The molecule has 1 aliphatic rings. The Balaban J connectivity index is 2.00. The monoisotopic (exact) mass is 270 g/mol. The summed E-state index contributed by atoms with van der Waals surface area (Å²) < 4.78 is 5.14. The van der Waals surface area contributed by atoms with Crippen LogP contribution in [0, 0.1) is 0 Å². The van der Waals surface area contributed by atoms with Crippen LogP contribution in [-0.4, -0.2) is 48.3 Å². The van der Waals surface area contributed by atoms with E-state index >= 15 is 0 Å². The molecule has 0 aliphatic carbocycles. The van der Waals surface area contributed by atoms with Gasteiger partial charge in [0.1, 0.15) is 0 Å². The quantitative estimate of drug-likeness (QED) is 0.856. The molecule has 0 spiro atoms. The zero-order valence-electron chi connectivity index (χ0n) is 9.67. The molecule has 18 heavy (non-hydrogen) atoms. The molecule has 2 N–H and O–H groups in total. The normalized spacial score (nSPS) is 17.2. The maximum atomic E-state index is 11.9. The Morgan fingerprint density at radius 1 is 1.44 bits per heavy atom. The van der Waals surface area contributed by atoms with Crippen LogP contribution < -0.4 is 5.32 Å².